The summed E-state index contributed by atoms with van der Waals surface area (Å²) in [5.41, 5.74) is 0.244. The average molecular weight is 311 g/mol. The third kappa shape index (κ3) is 3.04. The van der Waals surface area contributed by atoms with Crippen molar-refractivity contribution < 1.29 is 9.90 Å². The zero-order chi connectivity index (χ0) is 12.3. The number of halogens is 1. The van der Waals surface area contributed by atoms with Gasteiger partial charge in [0.05, 0.1) is 11.8 Å². The van der Waals surface area contributed by atoms with Crippen LogP contribution in [0.5, 0.6) is 0 Å². The molecule has 0 saturated carbocycles. The summed E-state index contributed by atoms with van der Waals surface area (Å²) in [5, 5.41) is 9.65. The number of aromatic nitrogens is 2. The second-order valence-corrected chi connectivity index (χ2v) is 5.04. The summed E-state index contributed by atoms with van der Waals surface area (Å²) in [5.74, 6) is -0.951. The van der Waals surface area contributed by atoms with Gasteiger partial charge in [-0.05, 0) is 34.1 Å². The molecule has 1 heterocycles. The van der Waals surface area contributed by atoms with Gasteiger partial charge in [-0.1, -0.05) is 11.8 Å². The van der Waals surface area contributed by atoms with Gasteiger partial charge in [0.15, 0.2) is 0 Å². The minimum atomic E-state index is -0.951. The summed E-state index contributed by atoms with van der Waals surface area (Å²) in [4.78, 5) is 19.8. The van der Waals surface area contributed by atoms with Crippen molar-refractivity contribution in [2.24, 2.45) is 0 Å². The Kier molecular flexibility index (Phi) is 3.75. The topological polar surface area (TPSA) is 63.1 Å². The summed E-state index contributed by atoms with van der Waals surface area (Å²) >= 11 is 4.66. The Labute approximate surface area is 110 Å². The quantitative estimate of drug-likeness (QED) is 0.944. The molecule has 0 atom stereocenters. The van der Waals surface area contributed by atoms with E-state index in [4.69, 9.17) is 5.11 Å². The summed E-state index contributed by atoms with van der Waals surface area (Å²) in [6.45, 7) is 0. The number of aromatic carboxylic acids is 1. The van der Waals surface area contributed by atoms with E-state index < -0.39 is 5.97 Å². The third-order valence-corrected chi connectivity index (χ3v) is 3.50. The van der Waals surface area contributed by atoms with E-state index in [1.165, 1.54) is 11.8 Å². The first-order valence-corrected chi connectivity index (χ1v) is 6.24. The molecule has 0 amide bonds. The molecule has 0 aliphatic heterocycles. The van der Waals surface area contributed by atoms with Crippen LogP contribution in [0, 0.1) is 0 Å². The van der Waals surface area contributed by atoms with E-state index in [1.807, 2.05) is 0 Å². The van der Waals surface area contributed by atoms with Crippen LogP contribution in [0.25, 0.3) is 0 Å². The van der Waals surface area contributed by atoms with E-state index in [-0.39, 0.29) is 5.56 Å². The van der Waals surface area contributed by atoms with E-state index in [0.717, 1.165) is 9.92 Å². The molecule has 6 heteroatoms. The maximum atomic E-state index is 10.8. The SMILES string of the molecule is O=C(O)c1ccc(Sc2cnccn2)cc1Br. The smallest absolute Gasteiger partial charge is 0.336 e. The minimum Gasteiger partial charge on any atom is -0.478 e. The molecule has 0 unspecified atom stereocenters. The number of nitrogens with zero attached hydrogens (tertiary/aromatic N) is 2. The maximum Gasteiger partial charge on any atom is 0.336 e. The zero-order valence-corrected chi connectivity index (χ0v) is 10.9. The molecule has 0 aliphatic rings. The molecule has 17 heavy (non-hydrogen) atoms. The molecule has 0 saturated heterocycles. The largest absolute Gasteiger partial charge is 0.478 e. The zero-order valence-electron chi connectivity index (χ0n) is 8.50. The summed E-state index contributed by atoms with van der Waals surface area (Å²) in [6, 6.07) is 5.06. The Morgan fingerprint density at radius 1 is 1.35 bits per heavy atom. The monoisotopic (exact) mass is 310 g/mol. The van der Waals surface area contributed by atoms with Gasteiger partial charge in [0.1, 0.15) is 5.03 Å². The van der Waals surface area contributed by atoms with Crippen molar-refractivity contribution in [3.05, 3.63) is 46.8 Å². The van der Waals surface area contributed by atoms with Crippen LogP contribution in [0.4, 0.5) is 0 Å². The Balaban J connectivity index is 2.24. The maximum absolute atomic E-state index is 10.8. The number of carbonyl (C=O) groups is 1. The molecule has 0 fully saturated rings. The summed E-state index contributed by atoms with van der Waals surface area (Å²) in [6.07, 6.45) is 4.88. The first-order chi connectivity index (χ1) is 8.16. The lowest BCUT2D eigenvalue weighted by molar-refractivity contribution is 0.0696. The van der Waals surface area contributed by atoms with Gasteiger partial charge in [-0.25, -0.2) is 9.78 Å². The normalized spacial score (nSPS) is 10.2. The van der Waals surface area contributed by atoms with Crippen molar-refractivity contribution in [2.45, 2.75) is 9.92 Å². The van der Waals surface area contributed by atoms with Gasteiger partial charge in [0.2, 0.25) is 0 Å². The van der Waals surface area contributed by atoms with Crippen molar-refractivity contribution >= 4 is 33.7 Å². The first kappa shape index (κ1) is 12.1. The van der Waals surface area contributed by atoms with Crippen molar-refractivity contribution in [1.29, 1.82) is 0 Å². The second kappa shape index (κ2) is 5.29. The van der Waals surface area contributed by atoms with Crippen LogP contribution in [0.1, 0.15) is 10.4 Å². The highest BCUT2D eigenvalue weighted by Crippen LogP contribution is 2.29. The van der Waals surface area contributed by atoms with Gasteiger partial charge in [-0.3, -0.25) is 4.98 Å². The number of benzene rings is 1. The fourth-order valence-electron chi connectivity index (χ4n) is 1.19. The van der Waals surface area contributed by atoms with Gasteiger partial charge >= 0.3 is 5.97 Å². The van der Waals surface area contributed by atoms with Crippen LogP contribution in [0.2, 0.25) is 0 Å². The lowest BCUT2D eigenvalue weighted by Gasteiger charge is -2.03. The molecule has 86 valence electrons. The first-order valence-electron chi connectivity index (χ1n) is 4.63. The number of rotatable bonds is 3. The van der Waals surface area contributed by atoms with E-state index in [2.05, 4.69) is 25.9 Å². The molecule has 0 bridgehead atoms. The van der Waals surface area contributed by atoms with Crippen molar-refractivity contribution in [3.8, 4) is 0 Å². The van der Waals surface area contributed by atoms with Gasteiger partial charge in [-0.15, -0.1) is 0 Å². The summed E-state index contributed by atoms with van der Waals surface area (Å²) in [7, 11) is 0. The number of carboxylic acids is 1. The second-order valence-electron chi connectivity index (χ2n) is 3.09. The lowest BCUT2D eigenvalue weighted by atomic mass is 10.2. The lowest BCUT2D eigenvalue weighted by Crippen LogP contribution is -1.97. The molecule has 4 nitrogen and oxygen atoms in total. The van der Waals surface area contributed by atoms with E-state index in [9.17, 15) is 4.79 Å². The third-order valence-electron chi connectivity index (χ3n) is 1.93. The average Bonchev–Trinajstić information content (AvgIpc) is 2.30. The van der Waals surface area contributed by atoms with Crippen molar-refractivity contribution in [3.63, 3.8) is 0 Å². The Bertz CT molecular complexity index is 548. The predicted octanol–water partition coefficient (Wildman–Crippen LogP) is 3.09. The molecule has 0 radical (unpaired) electrons. The molecular weight excluding hydrogens is 304 g/mol. The van der Waals surface area contributed by atoms with Crippen LogP contribution in [0.3, 0.4) is 0 Å². The molecule has 1 N–H and O–H groups in total. The van der Waals surface area contributed by atoms with Gasteiger partial charge in [0.25, 0.3) is 0 Å². The minimum absolute atomic E-state index is 0.244. The number of carboxylic acid groups (broad SMARTS) is 1. The molecule has 0 spiro atoms. The van der Waals surface area contributed by atoms with Gasteiger partial charge < -0.3 is 5.11 Å². The fourth-order valence-corrected chi connectivity index (χ4v) is 2.67. The molecule has 1 aromatic heterocycles. The van der Waals surface area contributed by atoms with Crippen LogP contribution in [-0.4, -0.2) is 21.0 Å². The predicted molar refractivity (Wildman–Crippen MR) is 67.3 cm³/mol. The van der Waals surface area contributed by atoms with Gasteiger partial charge in [-0.2, -0.15) is 0 Å². The number of hydrogen-bond donors (Lipinski definition) is 1. The highest BCUT2D eigenvalue weighted by atomic mass is 79.9. The van der Waals surface area contributed by atoms with E-state index in [0.29, 0.717) is 4.47 Å². The Hall–Kier alpha value is -1.40. The van der Waals surface area contributed by atoms with Gasteiger partial charge in [0, 0.05) is 21.8 Å². The van der Waals surface area contributed by atoms with Crippen LogP contribution in [-0.2, 0) is 0 Å². The highest BCUT2D eigenvalue weighted by molar-refractivity contribution is 9.10. The molecule has 0 aliphatic carbocycles. The van der Waals surface area contributed by atoms with Crippen LogP contribution < -0.4 is 0 Å². The van der Waals surface area contributed by atoms with Crippen LogP contribution in [0.15, 0.2) is 51.2 Å². The van der Waals surface area contributed by atoms with Crippen molar-refractivity contribution in [1.82, 2.24) is 9.97 Å². The van der Waals surface area contributed by atoms with E-state index in [1.54, 1.807) is 36.8 Å². The number of hydrogen-bond acceptors (Lipinski definition) is 4. The van der Waals surface area contributed by atoms with E-state index >= 15 is 0 Å². The fraction of sp³-hybridized carbons (Fsp3) is 0. The van der Waals surface area contributed by atoms with Crippen molar-refractivity contribution in [2.75, 3.05) is 0 Å². The Morgan fingerprint density at radius 3 is 2.76 bits per heavy atom. The molecule has 1 aromatic carbocycles. The molecule has 2 rings (SSSR count). The molecule has 2 aromatic rings. The highest BCUT2D eigenvalue weighted by Gasteiger charge is 2.09. The molecular formula is C11H7BrN2O2S. The Morgan fingerprint density at radius 2 is 2.18 bits per heavy atom. The summed E-state index contributed by atoms with van der Waals surface area (Å²) < 4.78 is 0.555. The van der Waals surface area contributed by atoms with Crippen LogP contribution >= 0.6 is 27.7 Å². The standard InChI is InChI=1S/C11H7BrN2O2S/c12-9-5-7(1-2-8(9)11(15)16)17-10-6-13-3-4-14-10/h1-6H,(H,15,16).